The predicted molar refractivity (Wildman–Crippen MR) is 84.1 cm³/mol. The van der Waals surface area contributed by atoms with E-state index in [0.717, 1.165) is 5.56 Å². The molecule has 0 fully saturated rings. The summed E-state index contributed by atoms with van der Waals surface area (Å²) in [5, 5.41) is 10.6. The van der Waals surface area contributed by atoms with Crippen molar-refractivity contribution in [1.29, 1.82) is 0 Å². The van der Waals surface area contributed by atoms with E-state index < -0.39 is 11.2 Å². The van der Waals surface area contributed by atoms with Crippen LogP contribution in [0.2, 0.25) is 5.02 Å². The molecule has 1 N–H and O–H groups in total. The van der Waals surface area contributed by atoms with Gasteiger partial charge in [-0.05, 0) is 39.2 Å². The number of rotatable bonds is 4. The zero-order chi connectivity index (χ0) is 16.0. The number of benzene rings is 1. The minimum absolute atomic E-state index is 0.0174. The molecule has 1 aromatic rings. The van der Waals surface area contributed by atoms with Gasteiger partial charge in [-0.2, -0.15) is 0 Å². The van der Waals surface area contributed by atoms with Gasteiger partial charge < -0.3 is 14.7 Å². The third kappa shape index (κ3) is 2.96. The van der Waals surface area contributed by atoms with Crippen LogP contribution in [-0.2, 0) is 11.2 Å². The Morgan fingerprint density at radius 1 is 1.33 bits per heavy atom. The van der Waals surface area contributed by atoms with E-state index in [2.05, 4.69) is 0 Å². The van der Waals surface area contributed by atoms with Gasteiger partial charge in [-0.3, -0.25) is 4.79 Å². The number of hydrogen-bond acceptors (Lipinski definition) is 3. The summed E-state index contributed by atoms with van der Waals surface area (Å²) in [6, 6.07) is 3.53. The van der Waals surface area contributed by atoms with E-state index in [1.165, 1.54) is 0 Å². The molecule has 2 rings (SSSR count). The van der Waals surface area contributed by atoms with Crippen LogP contribution in [0.4, 0.5) is 0 Å². The zero-order valence-electron chi connectivity index (χ0n) is 13.0. The number of nitrogens with zero attached hydrogens (tertiary/aromatic N) is 1. The smallest absolute Gasteiger partial charge is 0.332 e. The normalized spacial score (nSPS) is 15.4. The van der Waals surface area contributed by atoms with Crippen molar-refractivity contribution in [2.24, 2.45) is 0 Å². The molecule has 1 aliphatic rings. The Balaban J connectivity index is 2.21. The Bertz CT molecular complexity index is 581. The lowest BCUT2D eigenvalue weighted by Gasteiger charge is -2.37. The molecule has 0 saturated carbocycles. The van der Waals surface area contributed by atoms with Crippen molar-refractivity contribution in [1.82, 2.24) is 4.90 Å². The Morgan fingerprint density at radius 2 is 1.95 bits per heavy atom. The van der Waals surface area contributed by atoms with Crippen LogP contribution in [0, 0.1) is 0 Å². The molecule has 0 saturated heterocycles. The topological polar surface area (TPSA) is 49.8 Å². The van der Waals surface area contributed by atoms with Gasteiger partial charge in [0.25, 0.3) is 5.91 Å². The van der Waals surface area contributed by atoms with Crippen LogP contribution in [0.25, 0.3) is 0 Å². The molecule has 0 bridgehead atoms. The van der Waals surface area contributed by atoms with Gasteiger partial charge in [-0.15, -0.1) is 0 Å². The van der Waals surface area contributed by atoms with Crippen LogP contribution in [0.15, 0.2) is 12.1 Å². The summed E-state index contributed by atoms with van der Waals surface area (Å²) < 4.78 is 5.72. The first kappa shape index (κ1) is 16.3. The van der Waals surface area contributed by atoms with Crippen molar-refractivity contribution in [3.63, 3.8) is 0 Å². The van der Waals surface area contributed by atoms with Crippen LogP contribution >= 0.6 is 11.6 Å². The van der Waals surface area contributed by atoms with Gasteiger partial charge in [0.1, 0.15) is 0 Å². The number of aliphatic hydroxyl groups is 1. The van der Waals surface area contributed by atoms with Crippen molar-refractivity contribution >= 4 is 30.5 Å². The first-order chi connectivity index (χ1) is 9.54. The standard InChI is InChI=1S/C15H20BClNO3/c1-14(2,20)15(3,4)21-16-11-7-6-9-10(12(11)17)8-18(5)13(9)19/h6-7,20H,8H2,1-5H3. The third-order valence-electron chi connectivity index (χ3n) is 4.20. The molecule has 1 aromatic carbocycles. The summed E-state index contributed by atoms with van der Waals surface area (Å²) in [6.07, 6.45) is 0. The van der Waals surface area contributed by atoms with Gasteiger partial charge in [-0.25, -0.2) is 0 Å². The maximum Gasteiger partial charge on any atom is 0.332 e. The first-order valence-electron chi connectivity index (χ1n) is 6.85. The summed E-state index contributed by atoms with van der Waals surface area (Å²) in [6.45, 7) is 7.51. The van der Waals surface area contributed by atoms with Crippen molar-refractivity contribution in [3.8, 4) is 0 Å². The second kappa shape index (κ2) is 5.31. The molecule has 0 aliphatic carbocycles. The summed E-state index contributed by atoms with van der Waals surface area (Å²) >= 11 is 6.38. The summed E-state index contributed by atoms with van der Waals surface area (Å²) in [5.41, 5.74) is 0.407. The molecule has 1 heterocycles. The number of fused-ring (bicyclic) bond motifs is 1. The highest BCUT2D eigenvalue weighted by Crippen LogP contribution is 2.28. The fraction of sp³-hybridized carbons (Fsp3) is 0.533. The second-order valence-electron chi connectivity index (χ2n) is 6.46. The van der Waals surface area contributed by atoms with Crippen LogP contribution in [0.3, 0.4) is 0 Å². The Labute approximate surface area is 131 Å². The van der Waals surface area contributed by atoms with E-state index in [4.69, 9.17) is 16.3 Å². The summed E-state index contributed by atoms with van der Waals surface area (Å²) in [7, 11) is 3.29. The molecular weight excluding hydrogens is 288 g/mol. The third-order valence-corrected chi connectivity index (χ3v) is 4.65. The molecule has 0 atom stereocenters. The quantitative estimate of drug-likeness (QED) is 0.862. The minimum Gasteiger partial charge on any atom is -0.427 e. The van der Waals surface area contributed by atoms with E-state index in [-0.39, 0.29) is 5.91 Å². The molecule has 1 amide bonds. The fourth-order valence-electron chi connectivity index (χ4n) is 1.95. The second-order valence-corrected chi connectivity index (χ2v) is 6.84. The van der Waals surface area contributed by atoms with Gasteiger partial charge in [0.2, 0.25) is 0 Å². The van der Waals surface area contributed by atoms with Crippen molar-refractivity contribution < 1.29 is 14.6 Å². The predicted octanol–water partition coefficient (Wildman–Crippen LogP) is 1.74. The van der Waals surface area contributed by atoms with E-state index in [1.54, 1.807) is 45.4 Å². The van der Waals surface area contributed by atoms with Crippen LogP contribution < -0.4 is 5.46 Å². The number of carbonyl (C=O) groups is 1. The lowest BCUT2D eigenvalue weighted by molar-refractivity contribution is -0.0893. The zero-order valence-corrected chi connectivity index (χ0v) is 13.8. The van der Waals surface area contributed by atoms with Crippen LogP contribution in [0.1, 0.15) is 43.6 Å². The Hall–Kier alpha value is -1.04. The van der Waals surface area contributed by atoms with Gasteiger partial charge in [0, 0.05) is 29.7 Å². The largest absolute Gasteiger partial charge is 0.427 e. The SMILES string of the molecule is CN1Cc2c(ccc([B]OC(C)(C)C(C)(C)O)c2Cl)C1=O. The average Bonchev–Trinajstić information content (AvgIpc) is 2.65. The molecule has 21 heavy (non-hydrogen) atoms. The summed E-state index contributed by atoms with van der Waals surface area (Å²) in [5.74, 6) is -0.0174. The van der Waals surface area contributed by atoms with Crippen molar-refractivity contribution in [2.75, 3.05) is 7.05 Å². The number of carbonyl (C=O) groups excluding carboxylic acids is 1. The van der Waals surface area contributed by atoms with Gasteiger partial charge in [-0.1, -0.05) is 17.7 Å². The Kier molecular flexibility index (Phi) is 4.13. The average molecular weight is 309 g/mol. The Morgan fingerprint density at radius 3 is 2.52 bits per heavy atom. The number of halogens is 1. The minimum atomic E-state index is -0.997. The first-order valence-corrected chi connectivity index (χ1v) is 7.22. The molecule has 1 radical (unpaired) electrons. The lowest BCUT2D eigenvalue weighted by atomic mass is 9.81. The molecule has 4 nitrogen and oxygen atoms in total. The molecular formula is C15H20BClNO3. The monoisotopic (exact) mass is 308 g/mol. The molecule has 0 unspecified atom stereocenters. The number of hydrogen-bond donors (Lipinski definition) is 1. The molecule has 0 aromatic heterocycles. The molecule has 1 aliphatic heterocycles. The maximum absolute atomic E-state index is 11.9. The van der Waals surface area contributed by atoms with Gasteiger partial charge in [0.15, 0.2) is 0 Å². The molecule has 0 spiro atoms. The van der Waals surface area contributed by atoms with Crippen LogP contribution in [-0.4, -0.2) is 41.6 Å². The molecule has 6 heteroatoms. The van der Waals surface area contributed by atoms with E-state index in [1.807, 2.05) is 13.8 Å². The number of amides is 1. The van der Waals surface area contributed by atoms with E-state index in [0.29, 0.717) is 22.6 Å². The summed E-state index contributed by atoms with van der Waals surface area (Å²) in [4.78, 5) is 13.5. The maximum atomic E-state index is 11.9. The fourth-order valence-corrected chi connectivity index (χ4v) is 2.22. The highest BCUT2D eigenvalue weighted by molar-refractivity contribution is 6.54. The van der Waals surface area contributed by atoms with Gasteiger partial charge >= 0.3 is 7.48 Å². The van der Waals surface area contributed by atoms with E-state index >= 15 is 0 Å². The van der Waals surface area contributed by atoms with E-state index in [9.17, 15) is 9.90 Å². The van der Waals surface area contributed by atoms with Crippen molar-refractivity contribution in [3.05, 3.63) is 28.3 Å². The van der Waals surface area contributed by atoms with Gasteiger partial charge in [0.05, 0.1) is 11.2 Å². The highest BCUT2D eigenvalue weighted by atomic mass is 35.5. The molecule has 113 valence electrons. The van der Waals surface area contributed by atoms with Crippen LogP contribution in [0.5, 0.6) is 0 Å². The van der Waals surface area contributed by atoms with Crippen molar-refractivity contribution in [2.45, 2.75) is 45.4 Å². The lowest BCUT2D eigenvalue weighted by Crippen LogP contribution is -2.49. The highest BCUT2D eigenvalue weighted by Gasteiger charge is 2.36.